The fraction of sp³-hybridized carbons (Fsp3) is 0.562. The molecule has 2 atom stereocenters. The van der Waals surface area contributed by atoms with Crippen molar-refractivity contribution in [1.29, 1.82) is 0 Å². The molecule has 0 saturated carbocycles. The second kappa shape index (κ2) is 6.45. The summed E-state index contributed by atoms with van der Waals surface area (Å²) in [5.41, 5.74) is 2.51. The summed E-state index contributed by atoms with van der Waals surface area (Å²) in [5.74, 6) is 0.0408. The van der Waals surface area contributed by atoms with Gasteiger partial charge in [0.05, 0.1) is 31.8 Å². The van der Waals surface area contributed by atoms with Crippen LogP contribution in [0.4, 0.5) is 5.69 Å². The molecule has 0 aliphatic carbocycles. The van der Waals surface area contributed by atoms with E-state index in [-0.39, 0.29) is 17.9 Å². The highest BCUT2D eigenvalue weighted by atomic mass is 16.5. The number of hydrogen-bond acceptors (Lipinski definition) is 4. The van der Waals surface area contributed by atoms with Gasteiger partial charge in [-0.15, -0.1) is 0 Å². The number of benzene rings is 1. The Labute approximate surface area is 125 Å². The molecule has 1 N–H and O–H groups in total. The minimum atomic E-state index is -0.0583. The van der Waals surface area contributed by atoms with Gasteiger partial charge in [0, 0.05) is 25.9 Å². The minimum Gasteiger partial charge on any atom is -0.383 e. The van der Waals surface area contributed by atoms with Crippen molar-refractivity contribution in [2.24, 2.45) is 5.92 Å². The Bertz CT molecular complexity index is 506. The largest absolute Gasteiger partial charge is 0.383 e. The van der Waals surface area contributed by atoms with Crippen molar-refractivity contribution >= 4 is 11.6 Å². The van der Waals surface area contributed by atoms with Gasteiger partial charge in [0.15, 0.2) is 0 Å². The number of anilines is 1. The van der Waals surface area contributed by atoms with Crippen molar-refractivity contribution in [1.82, 2.24) is 5.32 Å². The van der Waals surface area contributed by atoms with E-state index in [1.807, 2.05) is 6.07 Å². The van der Waals surface area contributed by atoms with Crippen LogP contribution in [0, 0.1) is 5.92 Å². The molecule has 0 bridgehead atoms. The molecule has 2 unspecified atom stereocenters. The van der Waals surface area contributed by atoms with Crippen molar-refractivity contribution in [3.05, 3.63) is 29.8 Å². The molecule has 114 valence electrons. The van der Waals surface area contributed by atoms with Crippen LogP contribution < -0.4 is 10.2 Å². The van der Waals surface area contributed by atoms with E-state index in [4.69, 9.17) is 9.47 Å². The summed E-state index contributed by atoms with van der Waals surface area (Å²) in [6.45, 7) is 3.30. The monoisotopic (exact) mass is 290 g/mol. The summed E-state index contributed by atoms with van der Waals surface area (Å²) in [4.78, 5) is 14.8. The van der Waals surface area contributed by atoms with Gasteiger partial charge < -0.3 is 19.7 Å². The zero-order valence-electron chi connectivity index (χ0n) is 12.4. The molecule has 5 nitrogen and oxygen atoms in total. The summed E-state index contributed by atoms with van der Waals surface area (Å²) in [6, 6.07) is 8.50. The van der Waals surface area contributed by atoms with Crippen molar-refractivity contribution in [2.45, 2.75) is 12.5 Å². The van der Waals surface area contributed by atoms with Gasteiger partial charge in [0.25, 0.3) is 0 Å². The summed E-state index contributed by atoms with van der Waals surface area (Å²) in [6.07, 6.45) is 0.777. The van der Waals surface area contributed by atoms with Gasteiger partial charge in [-0.3, -0.25) is 4.79 Å². The van der Waals surface area contributed by atoms with Crippen molar-refractivity contribution < 1.29 is 14.3 Å². The Morgan fingerprint density at radius 2 is 2.33 bits per heavy atom. The molecule has 2 aliphatic rings. The van der Waals surface area contributed by atoms with Crippen molar-refractivity contribution in [3.8, 4) is 0 Å². The highest BCUT2D eigenvalue weighted by Gasteiger charge is 2.39. The topological polar surface area (TPSA) is 50.8 Å². The van der Waals surface area contributed by atoms with Crippen LogP contribution in [0.2, 0.25) is 0 Å². The number of carbonyl (C=O) groups excluding carboxylic acids is 1. The number of nitrogens with one attached hydrogen (secondary N) is 1. The van der Waals surface area contributed by atoms with E-state index in [1.54, 1.807) is 7.11 Å². The number of hydrogen-bond donors (Lipinski definition) is 1. The van der Waals surface area contributed by atoms with Gasteiger partial charge in [-0.1, -0.05) is 18.2 Å². The van der Waals surface area contributed by atoms with Crippen LogP contribution in [0.1, 0.15) is 5.56 Å². The Balaban J connectivity index is 1.80. The first-order valence-corrected chi connectivity index (χ1v) is 7.50. The number of amides is 1. The number of nitrogens with zero attached hydrogens (tertiary/aromatic N) is 1. The summed E-state index contributed by atoms with van der Waals surface area (Å²) >= 11 is 0. The molecule has 0 aromatic heterocycles. The quantitative estimate of drug-likeness (QED) is 0.835. The smallest absolute Gasteiger partial charge is 0.225 e. The third-order valence-corrected chi connectivity index (χ3v) is 4.31. The fourth-order valence-electron chi connectivity index (χ4n) is 3.27. The van der Waals surface area contributed by atoms with Gasteiger partial charge in [0.2, 0.25) is 5.91 Å². The minimum absolute atomic E-state index is 0.0583. The normalized spacial score (nSPS) is 24.1. The molecule has 2 heterocycles. The van der Waals surface area contributed by atoms with Crippen LogP contribution >= 0.6 is 0 Å². The maximum absolute atomic E-state index is 12.5. The van der Waals surface area contributed by atoms with Gasteiger partial charge in [-0.2, -0.15) is 0 Å². The highest BCUT2D eigenvalue weighted by Crippen LogP contribution is 2.35. The molecule has 1 aromatic rings. The van der Waals surface area contributed by atoms with Crippen LogP contribution in [-0.4, -0.2) is 52.0 Å². The number of carbonyl (C=O) groups is 1. The molecular weight excluding hydrogens is 268 g/mol. The van der Waals surface area contributed by atoms with Crippen LogP contribution in [0.3, 0.4) is 0 Å². The molecule has 1 aromatic carbocycles. The van der Waals surface area contributed by atoms with Crippen LogP contribution in [-0.2, 0) is 20.7 Å². The number of rotatable bonds is 4. The molecule has 21 heavy (non-hydrogen) atoms. The van der Waals surface area contributed by atoms with Crippen LogP contribution in [0.25, 0.3) is 0 Å². The maximum atomic E-state index is 12.5. The summed E-state index contributed by atoms with van der Waals surface area (Å²) in [7, 11) is 1.64. The molecule has 1 saturated heterocycles. The summed E-state index contributed by atoms with van der Waals surface area (Å²) in [5, 5.41) is 2.97. The lowest BCUT2D eigenvalue weighted by atomic mass is 9.84. The first kappa shape index (κ1) is 14.4. The number of methoxy groups -OCH3 is 1. The van der Waals surface area contributed by atoms with Gasteiger partial charge in [0.1, 0.15) is 0 Å². The fourth-order valence-corrected chi connectivity index (χ4v) is 3.27. The number of ether oxygens (including phenoxy) is 2. The van der Waals surface area contributed by atoms with E-state index >= 15 is 0 Å². The predicted molar refractivity (Wildman–Crippen MR) is 80.5 cm³/mol. The molecule has 3 rings (SSSR count). The molecule has 0 radical (unpaired) electrons. The van der Waals surface area contributed by atoms with Crippen LogP contribution in [0.5, 0.6) is 0 Å². The van der Waals surface area contributed by atoms with Gasteiger partial charge in [-0.25, -0.2) is 0 Å². The second-order valence-corrected chi connectivity index (χ2v) is 5.56. The first-order chi connectivity index (χ1) is 10.3. The Morgan fingerprint density at radius 3 is 3.19 bits per heavy atom. The van der Waals surface area contributed by atoms with Crippen molar-refractivity contribution in [2.75, 3.05) is 44.9 Å². The zero-order chi connectivity index (χ0) is 14.7. The maximum Gasteiger partial charge on any atom is 0.225 e. The number of morpholine rings is 1. The third kappa shape index (κ3) is 2.89. The van der Waals surface area contributed by atoms with E-state index < -0.39 is 0 Å². The van der Waals surface area contributed by atoms with Gasteiger partial charge >= 0.3 is 0 Å². The van der Waals surface area contributed by atoms with Crippen molar-refractivity contribution in [3.63, 3.8) is 0 Å². The Hall–Kier alpha value is -1.59. The lowest BCUT2D eigenvalue weighted by Gasteiger charge is -2.45. The number of fused-ring (bicyclic) bond motifs is 3. The standard InChI is InChI=1S/C16H22N2O3/c1-20-8-6-17-16(19)13-10-12-4-2-3-5-14(12)18-7-9-21-11-15(13)18/h2-5,13,15H,6-11H2,1H3,(H,17,19). The third-order valence-electron chi connectivity index (χ3n) is 4.31. The molecule has 5 heteroatoms. The SMILES string of the molecule is COCCNC(=O)C1Cc2ccccc2N2CCOCC12. The van der Waals surface area contributed by atoms with Gasteiger partial charge in [-0.05, 0) is 18.1 Å². The molecule has 1 amide bonds. The van der Waals surface area contributed by atoms with E-state index in [2.05, 4.69) is 28.4 Å². The zero-order valence-corrected chi connectivity index (χ0v) is 12.4. The Morgan fingerprint density at radius 1 is 1.48 bits per heavy atom. The average molecular weight is 290 g/mol. The lowest BCUT2D eigenvalue weighted by molar-refractivity contribution is -0.127. The first-order valence-electron chi connectivity index (χ1n) is 7.50. The predicted octanol–water partition coefficient (Wildman–Crippen LogP) is 0.827. The molecule has 0 spiro atoms. The second-order valence-electron chi connectivity index (χ2n) is 5.56. The van der Waals surface area contributed by atoms with E-state index in [1.165, 1.54) is 11.3 Å². The average Bonchev–Trinajstić information content (AvgIpc) is 2.54. The highest BCUT2D eigenvalue weighted by molar-refractivity contribution is 5.82. The lowest BCUT2D eigenvalue weighted by Crippen LogP contribution is -2.56. The van der Waals surface area contributed by atoms with Crippen LogP contribution in [0.15, 0.2) is 24.3 Å². The van der Waals surface area contributed by atoms with E-state index in [9.17, 15) is 4.79 Å². The summed E-state index contributed by atoms with van der Waals surface area (Å²) < 4.78 is 10.6. The van der Waals surface area contributed by atoms with E-state index in [0.717, 1.165) is 19.6 Å². The molecule has 2 aliphatic heterocycles. The number of para-hydroxylation sites is 1. The van der Waals surface area contributed by atoms with E-state index in [0.29, 0.717) is 19.8 Å². The molecular formula is C16H22N2O3. The Kier molecular flexibility index (Phi) is 4.41. The molecule has 1 fully saturated rings.